The predicted molar refractivity (Wildman–Crippen MR) is 86.9 cm³/mol. The van der Waals surface area contributed by atoms with Gasteiger partial charge in [-0.1, -0.05) is 18.2 Å². The Morgan fingerprint density at radius 3 is 2.36 bits per heavy atom. The maximum absolute atomic E-state index is 11.6. The quantitative estimate of drug-likeness (QED) is 0.874. The molecule has 0 aromatic heterocycles. The van der Waals surface area contributed by atoms with Crippen molar-refractivity contribution in [3.63, 3.8) is 0 Å². The zero-order chi connectivity index (χ0) is 15.4. The van der Waals surface area contributed by atoms with Crippen LogP contribution >= 0.6 is 0 Å². The number of amides is 1. The van der Waals surface area contributed by atoms with E-state index in [-0.39, 0.29) is 5.91 Å². The van der Waals surface area contributed by atoms with Crippen molar-refractivity contribution in [2.75, 3.05) is 50.7 Å². The highest BCUT2D eigenvalue weighted by atomic mass is 16.3. The molecule has 2 fully saturated rings. The van der Waals surface area contributed by atoms with Gasteiger partial charge < -0.3 is 14.9 Å². The van der Waals surface area contributed by atoms with Crippen LogP contribution in [0, 0.1) is 0 Å². The molecule has 2 saturated heterocycles. The lowest BCUT2D eigenvalue weighted by Gasteiger charge is -2.37. The molecule has 22 heavy (non-hydrogen) atoms. The molecule has 1 N–H and O–H groups in total. The SMILES string of the molecule is O=C1CCCN1C[C@@H](O)CN1CCN(c2ccccc2)CC1. The smallest absolute Gasteiger partial charge is 0.222 e. The normalized spacial score (nSPS) is 21.4. The molecule has 0 radical (unpaired) electrons. The van der Waals surface area contributed by atoms with E-state index < -0.39 is 6.10 Å². The van der Waals surface area contributed by atoms with E-state index >= 15 is 0 Å². The van der Waals surface area contributed by atoms with Gasteiger partial charge in [0.05, 0.1) is 6.10 Å². The average Bonchev–Trinajstić information content (AvgIpc) is 2.94. The molecule has 0 bridgehead atoms. The van der Waals surface area contributed by atoms with E-state index in [1.807, 2.05) is 6.07 Å². The number of hydrogen-bond donors (Lipinski definition) is 1. The highest BCUT2D eigenvalue weighted by molar-refractivity contribution is 5.78. The number of benzene rings is 1. The summed E-state index contributed by atoms with van der Waals surface area (Å²) in [5, 5.41) is 10.2. The van der Waals surface area contributed by atoms with Crippen molar-refractivity contribution >= 4 is 11.6 Å². The van der Waals surface area contributed by atoms with Crippen molar-refractivity contribution in [1.29, 1.82) is 0 Å². The molecule has 0 unspecified atom stereocenters. The molecular weight excluding hydrogens is 278 g/mol. The van der Waals surface area contributed by atoms with Gasteiger partial charge in [0, 0.05) is 57.9 Å². The lowest BCUT2D eigenvalue weighted by Crippen LogP contribution is -2.50. The number of aliphatic hydroxyl groups is 1. The Bertz CT molecular complexity index is 486. The zero-order valence-electron chi connectivity index (χ0n) is 13.0. The third-order valence-corrected chi connectivity index (χ3v) is 4.57. The first-order chi connectivity index (χ1) is 10.7. The van der Waals surface area contributed by atoms with Crippen molar-refractivity contribution in [2.45, 2.75) is 18.9 Å². The monoisotopic (exact) mass is 303 g/mol. The van der Waals surface area contributed by atoms with Crippen molar-refractivity contribution in [1.82, 2.24) is 9.80 Å². The molecule has 2 aliphatic rings. The molecule has 2 aliphatic heterocycles. The Labute approximate surface area is 132 Å². The Hall–Kier alpha value is -1.59. The molecule has 5 nitrogen and oxygen atoms in total. The van der Waals surface area contributed by atoms with Crippen LogP contribution in [-0.4, -0.2) is 72.7 Å². The number of hydrogen-bond acceptors (Lipinski definition) is 4. The average molecular weight is 303 g/mol. The maximum atomic E-state index is 11.6. The van der Waals surface area contributed by atoms with Gasteiger partial charge in [-0.3, -0.25) is 9.69 Å². The minimum atomic E-state index is -0.440. The lowest BCUT2D eigenvalue weighted by atomic mass is 10.2. The molecule has 0 aliphatic carbocycles. The number of nitrogens with zero attached hydrogens (tertiary/aromatic N) is 3. The Morgan fingerprint density at radius 2 is 1.73 bits per heavy atom. The minimum absolute atomic E-state index is 0.188. The number of rotatable bonds is 5. The predicted octanol–water partition coefficient (Wildman–Crippen LogP) is 0.792. The molecule has 120 valence electrons. The van der Waals surface area contributed by atoms with Crippen LogP contribution in [-0.2, 0) is 4.79 Å². The zero-order valence-corrected chi connectivity index (χ0v) is 13.0. The van der Waals surface area contributed by atoms with E-state index in [1.54, 1.807) is 4.90 Å². The maximum Gasteiger partial charge on any atom is 0.222 e. The van der Waals surface area contributed by atoms with Crippen molar-refractivity contribution < 1.29 is 9.90 Å². The summed E-state index contributed by atoms with van der Waals surface area (Å²) in [4.78, 5) is 18.1. The third kappa shape index (κ3) is 3.78. The second-order valence-corrected chi connectivity index (χ2v) is 6.22. The van der Waals surface area contributed by atoms with Gasteiger partial charge in [-0.2, -0.15) is 0 Å². The number of para-hydroxylation sites is 1. The fraction of sp³-hybridized carbons (Fsp3) is 0.588. The first-order valence-electron chi connectivity index (χ1n) is 8.20. The van der Waals surface area contributed by atoms with Gasteiger partial charge in [-0.25, -0.2) is 0 Å². The Morgan fingerprint density at radius 1 is 1.00 bits per heavy atom. The van der Waals surface area contributed by atoms with Gasteiger partial charge in [-0.05, 0) is 18.6 Å². The van der Waals surface area contributed by atoms with E-state index in [0.29, 0.717) is 19.5 Å². The molecule has 2 heterocycles. The molecular formula is C17H25N3O2. The largest absolute Gasteiger partial charge is 0.390 e. The summed E-state index contributed by atoms with van der Waals surface area (Å²) in [6, 6.07) is 10.5. The second-order valence-electron chi connectivity index (χ2n) is 6.22. The number of anilines is 1. The summed E-state index contributed by atoms with van der Waals surface area (Å²) in [5.41, 5.74) is 1.27. The van der Waals surface area contributed by atoms with Gasteiger partial charge in [-0.15, -0.1) is 0 Å². The van der Waals surface area contributed by atoms with Crippen LogP contribution in [0.5, 0.6) is 0 Å². The van der Waals surface area contributed by atoms with Gasteiger partial charge >= 0.3 is 0 Å². The third-order valence-electron chi connectivity index (χ3n) is 4.57. The molecule has 3 rings (SSSR count). The second kappa shape index (κ2) is 7.11. The first-order valence-corrected chi connectivity index (χ1v) is 8.20. The number of aliphatic hydroxyl groups excluding tert-OH is 1. The van der Waals surface area contributed by atoms with Gasteiger partial charge in [0.25, 0.3) is 0 Å². The number of likely N-dealkylation sites (tertiary alicyclic amines) is 1. The highest BCUT2D eigenvalue weighted by Crippen LogP contribution is 2.16. The van der Waals surface area contributed by atoms with E-state index in [1.165, 1.54) is 5.69 Å². The van der Waals surface area contributed by atoms with Crippen molar-refractivity contribution in [3.8, 4) is 0 Å². The summed E-state index contributed by atoms with van der Waals surface area (Å²) < 4.78 is 0. The molecule has 1 amide bonds. The van der Waals surface area contributed by atoms with Crippen LogP contribution in [0.4, 0.5) is 5.69 Å². The fourth-order valence-electron chi connectivity index (χ4n) is 3.33. The van der Waals surface area contributed by atoms with Crippen molar-refractivity contribution in [2.24, 2.45) is 0 Å². The van der Waals surface area contributed by atoms with E-state index in [0.717, 1.165) is 39.1 Å². The number of β-amino-alcohol motifs (C(OH)–C–C–N with tert-alkyl or cyclic N) is 1. The van der Waals surface area contributed by atoms with Crippen LogP contribution in [0.1, 0.15) is 12.8 Å². The first kappa shape index (κ1) is 15.3. The molecule has 1 atom stereocenters. The summed E-state index contributed by atoms with van der Waals surface area (Å²) in [5.74, 6) is 0.188. The van der Waals surface area contributed by atoms with Crippen molar-refractivity contribution in [3.05, 3.63) is 30.3 Å². The summed E-state index contributed by atoms with van der Waals surface area (Å²) in [6.07, 6.45) is 1.13. The van der Waals surface area contributed by atoms with Crippen LogP contribution in [0.25, 0.3) is 0 Å². The van der Waals surface area contributed by atoms with Gasteiger partial charge in [0.1, 0.15) is 0 Å². The standard InChI is InChI=1S/C17H25N3O2/c21-16(14-20-8-4-7-17(20)22)13-18-9-11-19(12-10-18)15-5-2-1-3-6-15/h1-3,5-6,16,21H,4,7-14H2/t16-/m0/s1. The Balaban J connectivity index is 1.42. The number of carbonyl (C=O) groups is 1. The molecule has 0 saturated carbocycles. The van der Waals surface area contributed by atoms with Crippen LogP contribution < -0.4 is 4.90 Å². The van der Waals surface area contributed by atoms with Gasteiger partial charge in [0.15, 0.2) is 0 Å². The van der Waals surface area contributed by atoms with Crippen LogP contribution in [0.2, 0.25) is 0 Å². The summed E-state index contributed by atoms with van der Waals surface area (Å²) in [7, 11) is 0. The molecule has 0 spiro atoms. The number of piperazine rings is 1. The number of carbonyl (C=O) groups excluding carboxylic acids is 1. The lowest BCUT2D eigenvalue weighted by molar-refractivity contribution is -0.129. The van der Waals surface area contributed by atoms with Gasteiger partial charge in [0.2, 0.25) is 5.91 Å². The minimum Gasteiger partial charge on any atom is -0.390 e. The Kier molecular flexibility index (Phi) is 4.95. The summed E-state index contributed by atoms with van der Waals surface area (Å²) >= 11 is 0. The van der Waals surface area contributed by atoms with E-state index in [9.17, 15) is 9.90 Å². The fourth-order valence-corrected chi connectivity index (χ4v) is 3.33. The molecule has 1 aromatic carbocycles. The van der Waals surface area contributed by atoms with E-state index in [2.05, 4.69) is 34.1 Å². The highest BCUT2D eigenvalue weighted by Gasteiger charge is 2.24. The van der Waals surface area contributed by atoms with Crippen LogP contribution in [0.3, 0.4) is 0 Å². The molecule has 1 aromatic rings. The van der Waals surface area contributed by atoms with Crippen LogP contribution in [0.15, 0.2) is 30.3 Å². The molecule has 5 heteroatoms. The van der Waals surface area contributed by atoms with E-state index in [4.69, 9.17) is 0 Å². The summed E-state index contributed by atoms with van der Waals surface area (Å²) in [6.45, 7) is 5.83. The topological polar surface area (TPSA) is 47.0 Å².